The molecule has 0 saturated heterocycles. The molecule has 0 saturated carbocycles. The molecule has 1 amide bonds. The molecule has 126 valence electrons. The van der Waals surface area contributed by atoms with E-state index >= 15 is 0 Å². The smallest absolute Gasteiger partial charge is 0.355 e. The Bertz CT molecular complexity index is 722. The third-order valence-electron chi connectivity index (χ3n) is 3.60. The summed E-state index contributed by atoms with van der Waals surface area (Å²) in [7, 11) is 1.71. The molecule has 2 aromatic rings. The van der Waals surface area contributed by atoms with Gasteiger partial charge < -0.3 is 14.6 Å². The number of hydrogen-bond donors (Lipinski definition) is 1. The first kappa shape index (κ1) is 17.5. The van der Waals surface area contributed by atoms with E-state index in [1.54, 1.807) is 29.9 Å². The number of nitrogens with one attached hydrogen (secondary N) is 1. The van der Waals surface area contributed by atoms with Crippen LogP contribution in [0.25, 0.3) is 0 Å². The number of amides is 1. The van der Waals surface area contributed by atoms with Crippen LogP contribution >= 0.6 is 0 Å². The number of Topliss-reactive ketones (excluding diaryl/α,β-unsaturated/α-hetero) is 1. The highest BCUT2D eigenvalue weighted by atomic mass is 16.5. The highest BCUT2D eigenvalue weighted by molar-refractivity contribution is 5.91. The van der Waals surface area contributed by atoms with Crippen LogP contribution in [0.4, 0.5) is 0 Å². The van der Waals surface area contributed by atoms with Gasteiger partial charge in [-0.25, -0.2) is 4.79 Å². The van der Waals surface area contributed by atoms with Crippen LogP contribution in [-0.4, -0.2) is 34.9 Å². The first-order valence-electron chi connectivity index (χ1n) is 7.59. The monoisotopic (exact) mass is 328 g/mol. The number of rotatable bonds is 7. The Kier molecular flexibility index (Phi) is 5.89. The van der Waals surface area contributed by atoms with Crippen molar-refractivity contribution in [3.8, 4) is 0 Å². The second kappa shape index (κ2) is 8.10. The van der Waals surface area contributed by atoms with Crippen molar-refractivity contribution in [3.05, 3.63) is 59.9 Å². The quantitative estimate of drug-likeness (QED) is 0.781. The van der Waals surface area contributed by atoms with Gasteiger partial charge in [0.05, 0.1) is 6.04 Å². The lowest BCUT2D eigenvalue weighted by molar-refractivity contribution is -0.128. The van der Waals surface area contributed by atoms with Crippen molar-refractivity contribution in [1.29, 1.82) is 0 Å². The van der Waals surface area contributed by atoms with Crippen LogP contribution in [0.15, 0.2) is 48.7 Å². The van der Waals surface area contributed by atoms with Gasteiger partial charge in [0.1, 0.15) is 5.69 Å². The number of aryl methyl sites for hydroxylation is 1. The Hall–Kier alpha value is -2.89. The van der Waals surface area contributed by atoms with Gasteiger partial charge in [0, 0.05) is 13.2 Å². The highest BCUT2D eigenvalue weighted by Gasteiger charge is 2.19. The molecule has 0 aliphatic carbocycles. The Labute approximate surface area is 140 Å². The summed E-state index contributed by atoms with van der Waals surface area (Å²) in [5.74, 6) is -1.24. The van der Waals surface area contributed by atoms with Crippen molar-refractivity contribution < 1.29 is 19.1 Å². The molecular formula is C18H20N2O4. The molecule has 1 atom stereocenters. The first-order chi connectivity index (χ1) is 11.5. The Morgan fingerprint density at radius 3 is 2.42 bits per heavy atom. The molecule has 2 rings (SSSR count). The van der Waals surface area contributed by atoms with Gasteiger partial charge in [-0.2, -0.15) is 0 Å². The van der Waals surface area contributed by atoms with E-state index in [0.29, 0.717) is 12.1 Å². The summed E-state index contributed by atoms with van der Waals surface area (Å²) in [5, 5.41) is 2.61. The number of hydrogen-bond acceptors (Lipinski definition) is 4. The Morgan fingerprint density at radius 2 is 1.83 bits per heavy atom. The van der Waals surface area contributed by atoms with Crippen LogP contribution in [0.1, 0.15) is 23.0 Å². The van der Waals surface area contributed by atoms with Gasteiger partial charge in [-0.3, -0.25) is 9.59 Å². The van der Waals surface area contributed by atoms with E-state index in [1.165, 1.54) is 6.92 Å². The van der Waals surface area contributed by atoms with Crippen molar-refractivity contribution in [1.82, 2.24) is 9.88 Å². The van der Waals surface area contributed by atoms with Crippen LogP contribution in [0.5, 0.6) is 0 Å². The predicted molar refractivity (Wildman–Crippen MR) is 88.5 cm³/mol. The van der Waals surface area contributed by atoms with E-state index in [4.69, 9.17) is 4.74 Å². The summed E-state index contributed by atoms with van der Waals surface area (Å²) in [6.45, 7) is 0.993. The second-order valence-electron chi connectivity index (χ2n) is 5.50. The molecule has 6 heteroatoms. The zero-order valence-electron chi connectivity index (χ0n) is 13.7. The average Bonchev–Trinajstić information content (AvgIpc) is 2.99. The first-order valence-corrected chi connectivity index (χ1v) is 7.59. The van der Waals surface area contributed by atoms with Gasteiger partial charge in [-0.05, 0) is 31.0 Å². The highest BCUT2D eigenvalue weighted by Crippen LogP contribution is 2.05. The SMILES string of the molecule is CC(=O)[C@@H](Cc1ccccc1)NC(=O)COC(=O)c1cccn1C. The maximum Gasteiger partial charge on any atom is 0.355 e. The maximum atomic E-state index is 12.0. The Morgan fingerprint density at radius 1 is 1.12 bits per heavy atom. The van der Waals surface area contributed by atoms with E-state index in [2.05, 4.69) is 5.32 Å². The largest absolute Gasteiger partial charge is 0.451 e. The minimum atomic E-state index is -0.645. The van der Waals surface area contributed by atoms with Gasteiger partial charge in [0.25, 0.3) is 5.91 Å². The fourth-order valence-electron chi connectivity index (χ4n) is 2.26. The molecule has 24 heavy (non-hydrogen) atoms. The summed E-state index contributed by atoms with van der Waals surface area (Å²) in [4.78, 5) is 35.5. The number of esters is 1. The fourth-order valence-corrected chi connectivity index (χ4v) is 2.26. The number of ketones is 1. The van der Waals surface area contributed by atoms with Crippen molar-refractivity contribution in [2.24, 2.45) is 7.05 Å². The Balaban J connectivity index is 1.88. The van der Waals surface area contributed by atoms with E-state index < -0.39 is 24.5 Å². The van der Waals surface area contributed by atoms with Crippen LogP contribution in [0.2, 0.25) is 0 Å². The summed E-state index contributed by atoms with van der Waals surface area (Å²) in [6.07, 6.45) is 2.11. The van der Waals surface area contributed by atoms with Gasteiger partial charge in [-0.1, -0.05) is 30.3 Å². The second-order valence-corrected chi connectivity index (χ2v) is 5.50. The van der Waals surface area contributed by atoms with Crippen LogP contribution in [0.3, 0.4) is 0 Å². The molecule has 0 aliphatic heterocycles. The number of benzene rings is 1. The summed E-state index contributed by atoms with van der Waals surface area (Å²) in [6, 6.07) is 12.1. The van der Waals surface area contributed by atoms with Gasteiger partial charge in [-0.15, -0.1) is 0 Å². The number of aromatic nitrogens is 1. The minimum absolute atomic E-state index is 0.152. The van der Waals surface area contributed by atoms with Crippen LogP contribution in [0, 0.1) is 0 Å². The molecule has 0 bridgehead atoms. The topological polar surface area (TPSA) is 77.4 Å². The van der Waals surface area contributed by atoms with Gasteiger partial charge >= 0.3 is 5.97 Å². The van der Waals surface area contributed by atoms with Gasteiger partial charge in [0.2, 0.25) is 0 Å². The lowest BCUT2D eigenvalue weighted by Crippen LogP contribution is -2.43. The number of nitrogens with zero attached hydrogens (tertiary/aromatic N) is 1. The lowest BCUT2D eigenvalue weighted by atomic mass is 10.0. The normalized spacial score (nSPS) is 11.6. The van der Waals surface area contributed by atoms with E-state index in [9.17, 15) is 14.4 Å². The maximum absolute atomic E-state index is 12.0. The summed E-state index contributed by atoms with van der Waals surface area (Å²) < 4.78 is 6.58. The molecule has 0 spiro atoms. The molecule has 1 N–H and O–H groups in total. The molecule has 0 unspecified atom stereocenters. The molecule has 1 aromatic heterocycles. The number of ether oxygens (including phenoxy) is 1. The fraction of sp³-hybridized carbons (Fsp3) is 0.278. The van der Waals surface area contributed by atoms with Crippen molar-refractivity contribution in [3.63, 3.8) is 0 Å². The number of carbonyl (C=O) groups is 3. The standard InChI is InChI=1S/C18H20N2O4/c1-13(21)15(11-14-7-4-3-5-8-14)19-17(22)12-24-18(23)16-9-6-10-20(16)2/h3-10,15H,11-12H2,1-2H3,(H,19,22)/t15-/m1/s1. The van der Waals surface area contributed by atoms with E-state index in [0.717, 1.165) is 5.56 Å². The molecule has 0 fully saturated rings. The molecule has 0 aliphatic rings. The van der Waals surface area contributed by atoms with Crippen molar-refractivity contribution in [2.45, 2.75) is 19.4 Å². The lowest BCUT2D eigenvalue weighted by Gasteiger charge is -2.16. The summed E-state index contributed by atoms with van der Waals surface area (Å²) in [5.41, 5.74) is 1.30. The van der Waals surface area contributed by atoms with Gasteiger partial charge in [0.15, 0.2) is 12.4 Å². The van der Waals surface area contributed by atoms with Crippen molar-refractivity contribution in [2.75, 3.05) is 6.61 Å². The molecule has 6 nitrogen and oxygen atoms in total. The van der Waals surface area contributed by atoms with E-state index in [-0.39, 0.29) is 5.78 Å². The third-order valence-corrected chi connectivity index (χ3v) is 3.60. The van der Waals surface area contributed by atoms with Crippen LogP contribution < -0.4 is 5.32 Å². The zero-order valence-corrected chi connectivity index (χ0v) is 13.7. The van der Waals surface area contributed by atoms with E-state index in [1.807, 2.05) is 30.3 Å². The summed E-state index contributed by atoms with van der Waals surface area (Å²) >= 11 is 0. The zero-order chi connectivity index (χ0) is 17.5. The average molecular weight is 328 g/mol. The molecule has 1 aromatic carbocycles. The van der Waals surface area contributed by atoms with Crippen LogP contribution in [-0.2, 0) is 27.8 Å². The third kappa shape index (κ3) is 4.81. The number of carbonyl (C=O) groups excluding carboxylic acids is 3. The molecule has 0 radical (unpaired) electrons. The minimum Gasteiger partial charge on any atom is -0.451 e. The predicted octanol–water partition coefficient (Wildman–Crippen LogP) is 1.50. The van der Waals surface area contributed by atoms with Crippen molar-refractivity contribution >= 4 is 17.7 Å². The molecule has 1 heterocycles. The molecular weight excluding hydrogens is 308 g/mol.